The first-order valence-corrected chi connectivity index (χ1v) is 10.0. The van der Waals surface area contributed by atoms with Gasteiger partial charge in [-0.3, -0.25) is 4.79 Å². The number of nitrogens with one attached hydrogen (secondary N) is 2. The Morgan fingerprint density at radius 3 is 2.30 bits per heavy atom. The molecule has 0 radical (unpaired) electrons. The van der Waals surface area contributed by atoms with Crippen LogP contribution < -0.4 is 20.1 Å². The summed E-state index contributed by atoms with van der Waals surface area (Å²) < 4.78 is 11.3. The summed E-state index contributed by atoms with van der Waals surface area (Å²) in [6, 6.07) is 25.8. The van der Waals surface area contributed by atoms with Crippen LogP contribution in [0.2, 0.25) is 0 Å². The molecular weight excluding hydrogens is 376 g/mol. The van der Waals surface area contributed by atoms with Gasteiger partial charge in [-0.1, -0.05) is 66.7 Å². The van der Waals surface area contributed by atoms with Crippen molar-refractivity contribution in [2.75, 3.05) is 13.7 Å². The Bertz CT molecular complexity index is 930. The van der Waals surface area contributed by atoms with Crippen molar-refractivity contribution >= 4 is 5.91 Å². The molecule has 2 N–H and O–H groups in total. The average Bonchev–Trinajstić information content (AvgIpc) is 2.81. The molecule has 0 saturated heterocycles. The molecule has 1 amide bonds. The van der Waals surface area contributed by atoms with E-state index in [2.05, 4.69) is 10.6 Å². The maximum atomic E-state index is 12.2. The molecule has 0 fully saturated rings. The summed E-state index contributed by atoms with van der Waals surface area (Å²) in [5.74, 6) is 1.27. The number of carbonyl (C=O) groups is 1. The SMILES string of the molecule is COc1cc(CNC(=O)CN[C@@H](C)c2ccccc2)ccc1OCc1ccccc1. The van der Waals surface area contributed by atoms with Gasteiger partial charge < -0.3 is 20.1 Å². The molecule has 3 aromatic rings. The fraction of sp³-hybridized carbons (Fsp3) is 0.240. The molecule has 0 saturated carbocycles. The van der Waals surface area contributed by atoms with Gasteiger partial charge in [-0.15, -0.1) is 0 Å². The molecular formula is C25H28N2O3. The molecule has 0 bridgehead atoms. The Morgan fingerprint density at radius 1 is 0.900 bits per heavy atom. The number of rotatable bonds is 10. The lowest BCUT2D eigenvalue weighted by molar-refractivity contribution is -0.120. The molecule has 0 heterocycles. The molecule has 0 aliphatic carbocycles. The largest absolute Gasteiger partial charge is 0.493 e. The van der Waals surface area contributed by atoms with Crippen LogP contribution in [0, 0.1) is 0 Å². The van der Waals surface area contributed by atoms with E-state index in [0.29, 0.717) is 24.7 Å². The quantitative estimate of drug-likeness (QED) is 0.531. The highest BCUT2D eigenvalue weighted by Crippen LogP contribution is 2.28. The molecule has 1 atom stereocenters. The van der Waals surface area contributed by atoms with Crippen molar-refractivity contribution < 1.29 is 14.3 Å². The summed E-state index contributed by atoms with van der Waals surface area (Å²) in [5, 5.41) is 6.18. The van der Waals surface area contributed by atoms with Crippen LogP contribution in [0.1, 0.15) is 29.7 Å². The number of methoxy groups -OCH3 is 1. The van der Waals surface area contributed by atoms with Gasteiger partial charge in [-0.2, -0.15) is 0 Å². The van der Waals surface area contributed by atoms with Crippen LogP contribution in [0.4, 0.5) is 0 Å². The second kappa shape index (κ2) is 11.0. The fourth-order valence-corrected chi connectivity index (χ4v) is 3.05. The van der Waals surface area contributed by atoms with E-state index in [1.165, 1.54) is 0 Å². The highest BCUT2D eigenvalue weighted by atomic mass is 16.5. The third kappa shape index (κ3) is 6.36. The zero-order valence-corrected chi connectivity index (χ0v) is 17.4. The molecule has 5 heteroatoms. The lowest BCUT2D eigenvalue weighted by atomic mass is 10.1. The summed E-state index contributed by atoms with van der Waals surface area (Å²) in [4.78, 5) is 12.2. The second-order valence-electron chi connectivity index (χ2n) is 7.05. The normalized spacial score (nSPS) is 11.5. The molecule has 5 nitrogen and oxygen atoms in total. The topological polar surface area (TPSA) is 59.6 Å². The van der Waals surface area contributed by atoms with Crippen LogP contribution >= 0.6 is 0 Å². The molecule has 0 aromatic heterocycles. The van der Waals surface area contributed by atoms with E-state index in [0.717, 1.165) is 16.7 Å². The highest BCUT2D eigenvalue weighted by Gasteiger charge is 2.09. The van der Waals surface area contributed by atoms with E-state index in [4.69, 9.17) is 9.47 Å². The monoisotopic (exact) mass is 404 g/mol. The van der Waals surface area contributed by atoms with Gasteiger partial charge in [0.15, 0.2) is 11.5 Å². The van der Waals surface area contributed by atoms with Crippen LogP contribution in [-0.4, -0.2) is 19.6 Å². The van der Waals surface area contributed by atoms with E-state index in [1.54, 1.807) is 7.11 Å². The first kappa shape index (κ1) is 21.4. The number of hydrogen-bond acceptors (Lipinski definition) is 4. The Morgan fingerprint density at radius 2 is 1.60 bits per heavy atom. The number of amides is 1. The minimum atomic E-state index is -0.0545. The van der Waals surface area contributed by atoms with Gasteiger partial charge in [0.1, 0.15) is 6.61 Å². The number of carbonyl (C=O) groups excluding carboxylic acids is 1. The molecule has 3 aromatic carbocycles. The Balaban J connectivity index is 1.48. The zero-order chi connectivity index (χ0) is 21.2. The van der Waals surface area contributed by atoms with Crippen LogP contribution in [0.15, 0.2) is 78.9 Å². The number of benzene rings is 3. The summed E-state index contributed by atoms with van der Waals surface area (Å²) in [6.07, 6.45) is 0. The Labute approximate surface area is 178 Å². The molecule has 3 rings (SSSR count). The molecule has 0 aliphatic rings. The van der Waals surface area contributed by atoms with Crippen molar-refractivity contribution in [3.8, 4) is 11.5 Å². The van der Waals surface area contributed by atoms with E-state index in [9.17, 15) is 4.79 Å². The van der Waals surface area contributed by atoms with Gasteiger partial charge in [0, 0.05) is 12.6 Å². The van der Waals surface area contributed by atoms with Crippen molar-refractivity contribution in [3.63, 3.8) is 0 Å². The minimum absolute atomic E-state index is 0.0545. The van der Waals surface area contributed by atoms with Crippen molar-refractivity contribution in [3.05, 3.63) is 95.6 Å². The number of ether oxygens (including phenoxy) is 2. The fourth-order valence-electron chi connectivity index (χ4n) is 3.05. The van der Waals surface area contributed by atoms with Crippen molar-refractivity contribution in [1.82, 2.24) is 10.6 Å². The Kier molecular flexibility index (Phi) is 7.86. The predicted molar refractivity (Wildman–Crippen MR) is 118 cm³/mol. The zero-order valence-electron chi connectivity index (χ0n) is 17.4. The van der Waals surface area contributed by atoms with Crippen molar-refractivity contribution in [1.29, 1.82) is 0 Å². The lowest BCUT2D eigenvalue weighted by Crippen LogP contribution is -2.34. The number of hydrogen-bond donors (Lipinski definition) is 2. The molecule has 156 valence electrons. The average molecular weight is 405 g/mol. The van der Waals surface area contributed by atoms with Gasteiger partial charge >= 0.3 is 0 Å². The maximum Gasteiger partial charge on any atom is 0.234 e. The first-order chi connectivity index (χ1) is 14.7. The Hall–Kier alpha value is -3.31. The van der Waals surface area contributed by atoms with Gasteiger partial charge in [-0.05, 0) is 35.7 Å². The highest BCUT2D eigenvalue weighted by molar-refractivity contribution is 5.78. The van der Waals surface area contributed by atoms with Gasteiger partial charge in [0.2, 0.25) is 5.91 Å². The summed E-state index contributed by atoms with van der Waals surface area (Å²) in [6.45, 7) is 3.20. The lowest BCUT2D eigenvalue weighted by Gasteiger charge is -2.15. The molecule has 0 aliphatic heterocycles. The summed E-state index contributed by atoms with van der Waals surface area (Å²) in [7, 11) is 1.61. The summed E-state index contributed by atoms with van der Waals surface area (Å²) in [5.41, 5.74) is 3.19. The van der Waals surface area contributed by atoms with Gasteiger partial charge in [-0.25, -0.2) is 0 Å². The maximum absolute atomic E-state index is 12.2. The standard InChI is InChI=1S/C25H28N2O3/c1-19(22-11-7-4-8-12-22)26-17-25(28)27-16-21-13-14-23(24(15-21)29-2)30-18-20-9-5-3-6-10-20/h3-15,19,26H,16-18H2,1-2H3,(H,27,28)/t19-/m0/s1. The van der Waals surface area contributed by atoms with Crippen LogP contribution in [-0.2, 0) is 17.9 Å². The minimum Gasteiger partial charge on any atom is -0.493 e. The van der Waals surface area contributed by atoms with E-state index in [-0.39, 0.29) is 18.5 Å². The predicted octanol–water partition coefficient (Wildman–Crippen LogP) is 4.24. The van der Waals surface area contributed by atoms with Crippen LogP contribution in [0.3, 0.4) is 0 Å². The smallest absolute Gasteiger partial charge is 0.234 e. The molecule has 0 unspecified atom stereocenters. The van der Waals surface area contributed by atoms with Crippen LogP contribution in [0.25, 0.3) is 0 Å². The first-order valence-electron chi connectivity index (χ1n) is 10.0. The third-order valence-electron chi connectivity index (χ3n) is 4.82. The second-order valence-corrected chi connectivity index (χ2v) is 7.05. The summed E-state index contributed by atoms with van der Waals surface area (Å²) >= 11 is 0. The van der Waals surface area contributed by atoms with Crippen LogP contribution in [0.5, 0.6) is 11.5 Å². The van der Waals surface area contributed by atoms with Gasteiger partial charge in [0.25, 0.3) is 0 Å². The third-order valence-corrected chi connectivity index (χ3v) is 4.82. The molecule has 30 heavy (non-hydrogen) atoms. The van der Waals surface area contributed by atoms with E-state index >= 15 is 0 Å². The van der Waals surface area contributed by atoms with E-state index in [1.807, 2.05) is 85.8 Å². The van der Waals surface area contributed by atoms with Crippen molar-refractivity contribution in [2.45, 2.75) is 26.1 Å². The van der Waals surface area contributed by atoms with Crippen molar-refractivity contribution in [2.24, 2.45) is 0 Å². The van der Waals surface area contributed by atoms with Gasteiger partial charge in [0.05, 0.1) is 13.7 Å². The van der Waals surface area contributed by atoms with E-state index < -0.39 is 0 Å². The molecule has 0 spiro atoms.